The van der Waals surface area contributed by atoms with Gasteiger partial charge in [-0.05, 0) is 53.5 Å². The maximum absolute atomic E-state index is 5.39. The Kier molecular flexibility index (Phi) is 7.42. The number of nitrogens with two attached hydrogens (primary N) is 1. The number of thiocarbonyl (C=S) groups is 1. The summed E-state index contributed by atoms with van der Waals surface area (Å²) in [5.41, 5.74) is 12.5. The average Bonchev–Trinajstić information content (AvgIpc) is 2.84. The number of rotatable bonds is 7. The number of pyridine rings is 1. The minimum atomic E-state index is 0.147. The zero-order valence-electron chi connectivity index (χ0n) is 18.0. The first-order chi connectivity index (χ1) is 15.7. The summed E-state index contributed by atoms with van der Waals surface area (Å²) in [6.07, 6.45) is 4.74. The molecular weight excluding hydrogens is 416 g/mol. The quantitative estimate of drug-likeness (QED) is 0.331. The van der Waals surface area contributed by atoms with Crippen LogP contribution in [0.2, 0.25) is 0 Å². The Morgan fingerprint density at radius 1 is 1.00 bits per heavy atom. The average molecular weight is 445 g/mol. The van der Waals surface area contributed by atoms with Crippen LogP contribution in [-0.4, -0.2) is 53.9 Å². The third kappa shape index (κ3) is 6.12. The molecule has 164 valence electrons. The Balaban J connectivity index is 1.31. The van der Waals surface area contributed by atoms with E-state index in [1.165, 1.54) is 5.56 Å². The van der Waals surface area contributed by atoms with Crippen LogP contribution in [0.1, 0.15) is 11.1 Å². The van der Waals surface area contributed by atoms with Gasteiger partial charge in [-0.1, -0.05) is 48.5 Å². The van der Waals surface area contributed by atoms with Crippen molar-refractivity contribution in [3.05, 3.63) is 84.1 Å². The first-order valence-corrected chi connectivity index (χ1v) is 11.2. The van der Waals surface area contributed by atoms with Crippen molar-refractivity contribution in [3.8, 4) is 11.1 Å². The molecule has 0 amide bonds. The lowest BCUT2D eigenvalue weighted by molar-refractivity contribution is 0.260. The molecule has 6 nitrogen and oxygen atoms in total. The summed E-state index contributed by atoms with van der Waals surface area (Å²) in [5.74, 6) is 1.04. The van der Waals surface area contributed by atoms with Crippen LogP contribution >= 0.6 is 12.2 Å². The van der Waals surface area contributed by atoms with E-state index < -0.39 is 0 Å². The second-order valence-electron chi connectivity index (χ2n) is 7.83. The fourth-order valence-corrected chi connectivity index (χ4v) is 3.90. The molecular formula is C25H28N6S. The lowest BCUT2D eigenvalue weighted by atomic mass is 10.1. The van der Waals surface area contributed by atoms with E-state index >= 15 is 0 Å². The van der Waals surface area contributed by atoms with Crippen molar-refractivity contribution in [2.45, 2.75) is 6.42 Å². The van der Waals surface area contributed by atoms with Crippen LogP contribution < -0.4 is 16.1 Å². The summed E-state index contributed by atoms with van der Waals surface area (Å²) in [6.45, 7) is 5.25. The molecule has 3 aromatic rings. The largest absolute Gasteiger partial charge is 0.375 e. The van der Waals surface area contributed by atoms with Gasteiger partial charge in [-0.15, -0.1) is 0 Å². The van der Waals surface area contributed by atoms with Crippen molar-refractivity contribution in [2.75, 3.05) is 37.6 Å². The van der Waals surface area contributed by atoms with Gasteiger partial charge in [-0.25, -0.2) is 4.98 Å². The predicted molar refractivity (Wildman–Crippen MR) is 136 cm³/mol. The molecule has 0 atom stereocenters. The lowest BCUT2D eigenvalue weighted by Gasteiger charge is -2.35. The van der Waals surface area contributed by atoms with Gasteiger partial charge < -0.3 is 10.6 Å². The summed E-state index contributed by atoms with van der Waals surface area (Å²) < 4.78 is 0. The van der Waals surface area contributed by atoms with E-state index in [9.17, 15) is 0 Å². The Morgan fingerprint density at radius 3 is 2.53 bits per heavy atom. The van der Waals surface area contributed by atoms with E-state index in [1.54, 1.807) is 6.21 Å². The summed E-state index contributed by atoms with van der Waals surface area (Å²) in [7, 11) is 0. The molecule has 0 aliphatic carbocycles. The van der Waals surface area contributed by atoms with Crippen molar-refractivity contribution >= 4 is 29.4 Å². The molecule has 3 N–H and O–H groups in total. The zero-order valence-corrected chi connectivity index (χ0v) is 18.8. The van der Waals surface area contributed by atoms with Gasteiger partial charge in [0.15, 0.2) is 5.11 Å². The van der Waals surface area contributed by atoms with Crippen molar-refractivity contribution < 1.29 is 0 Å². The van der Waals surface area contributed by atoms with E-state index in [-0.39, 0.29) is 5.11 Å². The van der Waals surface area contributed by atoms with E-state index in [0.717, 1.165) is 61.7 Å². The van der Waals surface area contributed by atoms with Crippen LogP contribution in [0.15, 0.2) is 78.0 Å². The SMILES string of the molecule is NC(=S)N/N=C/c1cccc(-c2ccc(N3CCN(CCc4ccccc4)CC3)nc2)c1. The van der Waals surface area contributed by atoms with Gasteiger partial charge >= 0.3 is 0 Å². The van der Waals surface area contributed by atoms with Crippen molar-refractivity contribution in [3.63, 3.8) is 0 Å². The topological polar surface area (TPSA) is 69.8 Å². The van der Waals surface area contributed by atoms with Crippen molar-refractivity contribution in [1.29, 1.82) is 0 Å². The highest BCUT2D eigenvalue weighted by Crippen LogP contribution is 2.22. The smallest absolute Gasteiger partial charge is 0.184 e. The molecule has 0 radical (unpaired) electrons. The van der Waals surface area contributed by atoms with E-state index in [2.05, 4.69) is 74.9 Å². The second-order valence-corrected chi connectivity index (χ2v) is 8.27. The van der Waals surface area contributed by atoms with Crippen LogP contribution in [0.4, 0.5) is 5.82 Å². The molecule has 0 spiro atoms. The monoisotopic (exact) mass is 444 g/mol. The molecule has 1 aromatic heterocycles. The molecule has 2 heterocycles. The van der Waals surface area contributed by atoms with E-state index in [0.29, 0.717) is 0 Å². The molecule has 7 heteroatoms. The minimum Gasteiger partial charge on any atom is -0.375 e. The summed E-state index contributed by atoms with van der Waals surface area (Å²) in [6, 6.07) is 23.1. The number of nitrogens with one attached hydrogen (secondary N) is 1. The Bertz CT molecular complexity index is 1040. The first-order valence-electron chi connectivity index (χ1n) is 10.8. The minimum absolute atomic E-state index is 0.147. The highest BCUT2D eigenvalue weighted by Gasteiger charge is 2.17. The molecule has 0 unspecified atom stereocenters. The number of hydrogen-bond donors (Lipinski definition) is 2. The predicted octanol–water partition coefficient (Wildman–Crippen LogP) is 3.28. The van der Waals surface area contributed by atoms with E-state index in [1.807, 2.05) is 18.3 Å². The molecule has 1 aliphatic heterocycles. The third-order valence-corrected chi connectivity index (χ3v) is 5.70. The standard InChI is InChI=1S/C25H28N6S/c26-25(32)29-28-18-21-7-4-8-22(17-21)23-9-10-24(27-19-23)31-15-13-30(14-16-31)12-11-20-5-2-1-3-6-20/h1-10,17-19H,11-16H2,(H3,26,29,32)/b28-18+. The normalized spacial score (nSPS) is 14.6. The lowest BCUT2D eigenvalue weighted by Crippen LogP contribution is -2.47. The van der Waals surface area contributed by atoms with Crippen molar-refractivity contribution in [1.82, 2.24) is 15.3 Å². The maximum atomic E-state index is 5.39. The second kappa shape index (κ2) is 10.8. The Hall–Kier alpha value is -3.29. The molecule has 1 saturated heterocycles. The summed E-state index contributed by atoms with van der Waals surface area (Å²) in [4.78, 5) is 9.65. The molecule has 32 heavy (non-hydrogen) atoms. The van der Waals surface area contributed by atoms with Crippen LogP contribution in [-0.2, 0) is 6.42 Å². The molecule has 1 fully saturated rings. The highest BCUT2D eigenvalue weighted by molar-refractivity contribution is 7.80. The van der Waals surface area contributed by atoms with Gasteiger partial charge in [0, 0.05) is 44.5 Å². The third-order valence-electron chi connectivity index (χ3n) is 5.61. The van der Waals surface area contributed by atoms with Crippen LogP contribution in [0.25, 0.3) is 11.1 Å². The summed E-state index contributed by atoms with van der Waals surface area (Å²) >= 11 is 4.76. The number of aromatic nitrogens is 1. The fraction of sp³-hybridized carbons (Fsp3) is 0.240. The van der Waals surface area contributed by atoms with Gasteiger partial charge in [0.05, 0.1) is 6.21 Å². The maximum Gasteiger partial charge on any atom is 0.184 e. The van der Waals surface area contributed by atoms with Crippen LogP contribution in [0.3, 0.4) is 0 Å². The van der Waals surface area contributed by atoms with Crippen LogP contribution in [0.5, 0.6) is 0 Å². The number of hydrazone groups is 1. The van der Waals surface area contributed by atoms with Gasteiger partial charge in [0.2, 0.25) is 0 Å². The molecule has 1 aliphatic rings. The Morgan fingerprint density at radius 2 is 1.81 bits per heavy atom. The number of piperazine rings is 1. The number of hydrogen-bond acceptors (Lipinski definition) is 5. The molecule has 4 rings (SSSR count). The molecule has 0 saturated carbocycles. The fourth-order valence-electron chi connectivity index (χ4n) is 3.85. The molecule has 0 bridgehead atoms. The van der Waals surface area contributed by atoms with Gasteiger partial charge in [-0.2, -0.15) is 5.10 Å². The zero-order chi connectivity index (χ0) is 22.2. The van der Waals surface area contributed by atoms with Gasteiger partial charge in [-0.3, -0.25) is 10.3 Å². The van der Waals surface area contributed by atoms with Gasteiger partial charge in [0.1, 0.15) is 5.82 Å². The highest BCUT2D eigenvalue weighted by atomic mass is 32.1. The number of anilines is 1. The van der Waals surface area contributed by atoms with Crippen LogP contribution in [0, 0.1) is 0 Å². The molecule has 2 aromatic carbocycles. The first kappa shape index (κ1) is 21.9. The number of benzene rings is 2. The van der Waals surface area contributed by atoms with E-state index in [4.69, 9.17) is 22.9 Å². The van der Waals surface area contributed by atoms with Gasteiger partial charge in [0.25, 0.3) is 0 Å². The number of nitrogens with zero attached hydrogens (tertiary/aromatic N) is 4. The van der Waals surface area contributed by atoms with Crippen molar-refractivity contribution in [2.24, 2.45) is 10.8 Å². The Labute approximate surface area is 194 Å². The summed E-state index contributed by atoms with van der Waals surface area (Å²) in [5, 5.41) is 4.17.